The van der Waals surface area contributed by atoms with E-state index in [2.05, 4.69) is 4.98 Å². The maximum Gasteiger partial charge on any atom is 0.259 e. The van der Waals surface area contributed by atoms with Crippen molar-refractivity contribution in [1.29, 1.82) is 0 Å². The van der Waals surface area contributed by atoms with Crippen LogP contribution in [0, 0.1) is 0 Å². The second kappa shape index (κ2) is 7.42. The van der Waals surface area contributed by atoms with Gasteiger partial charge in [0.2, 0.25) is 0 Å². The fourth-order valence-corrected chi connectivity index (χ4v) is 3.37. The first-order chi connectivity index (χ1) is 11.7. The molecule has 0 saturated heterocycles. The van der Waals surface area contributed by atoms with E-state index < -0.39 is 0 Å². The molecular weight excluding hydrogens is 324 g/mol. The summed E-state index contributed by atoms with van der Waals surface area (Å²) in [5.74, 6) is 0.602. The van der Waals surface area contributed by atoms with Gasteiger partial charge in [0.25, 0.3) is 5.91 Å². The molecule has 0 spiro atoms. The molecule has 1 aromatic heterocycles. The number of anilines is 2. The number of thiazole rings is 1. The summed E-state index contributed by atoms with van der Waals surface area (Å²) in [7, 11) is 1.51. The molecule has 3 rings (SSSR count). The molecule has 0 fully saturated rings. The van der Waals surface area contributed by atoms with Crippen LogP contribution in [0.15, 0.2) is 48.5 Å². The molecule has 0 aliphatic heterocycles. The first kappa shape index (κ1) is 16.4. The van der Waals surface area contributed by atoms with Crippen LogP contribution in [-0.4, -0.2) is 31.2 Å². The van der Waals surface area contributed by atoms with Gasteiger partial charge in [0.1, 0.15) is 12.4 Å². The number of fused-ring (bicyclic) bond motifs is 1. The summed E-state index contributed by atoms with van der Waals surface area (Å²) in [5, 5.41) is 0.627. The van der Waals surface area contributed by atoms with Gasteiger partial charge in [-0.1, -0.05) is 23.5 Å². The molecule has 0 atom stereocenters. The molecule has 1 amide bonds. The molecule has 24 heavy (non-hydrogen) atoms. The second-order valence-electron chi connectivity index (χ2n) is 5.05. The number of benzene rings is 2. The number of carbonyl (C=O) groups excluding carboxylic acids is 1. The lowest BCUT2D eigenvalue weighted by Gasteiger charge is -2.20. The molecule has 6 heteroatoms. The van der Waals surface area contributed by atoms with Crippen molar-refractivity contribution in [3.8, 4) is 5.75 Å². The van der Waals surface area contributed by atoms with Crippen LogP contribution in [-0.2, 0) is 9.53 Å². The van der Waals surface area contributed by atoms with E-state index >= 15 is 0 Å². The van der Waals surface area contributed by atoms with Crippen molar-refractivity contribution in [2.24, 2.45) is 0 Å². The Morgan fingerprint density at radius 3 is 2.58 bits per heavy atom. The fraction of sp³-hybridized carbons (Fsp3) is 0.222. The van der Waals surface area contributed by atoms with E-state index in [-0.39, 0.29) is 12.5 Å². The number of methoxy groups -OCH3 is 1. The number of hydrogen-bond acceptors (Lipinski definition) is 5. The average molecular weight is 342 g/mol. The van der Waals surface area contributed by atoms with Crippen LogP contribution in [0.2, 0.25) is 0 Å². The third-order valence-corrected chi connectivity index (χ3v) is 4.42. The number of para-hydroxylation sites is 1. The van der Waals surface area contributed by atoms with Gasteiger partial charge in [-0.05, 0) is 43.3 Å². The van der Waals surface area contributed by atoms with Crippen LogP contribution < -0.4 is 9.64 Å². The highest BCUT2D eigenvalue weighted by Crippen LogP contribution is 2.34. The van der Waals surface area contributed by atoms with Gasteiger partial charge in [0.15, 0.2) is 5.13 Å². The number of hydrogen-bond donors (Lipinski definition) is 0. The minimum absolute atomic E-state index is 0.0108. The van der Waals surface area contributed by atoms with E-state index in [1.165, 1.54) is 18.4 Å². The smallest absolute Gasteiger partial charge is 0.259 e. The Bertz CT molecular complexity index is 797. The Labute approximate surface area is 144 Å². The topological polar surface area (TPSA) is 51.7 Å². The van der Waals surface area contributed by atoms with Gasteiger partial charge in [-0.3, -0.25) is 9.69 Å². The SMILES string of the molecule is CCOc1ccc(N(C(=O)COC)c2nc3ccccc3s2)cc1. The van der Waals surface area contributed by atoms with E-state index in [1.807, 2.05) is 55.5 Å². The van der Waals surface area contributed by atoms with Crippen LogP contribution in [0.4, 0.5) is 10.8 Å². The van der Waals surface area contributed by atoms with Gasteiger partial charge >= 0.3 is 0 Å². The fourth-order valence-electron chi connectivity index (χ4n) is 2.36. The third-order valence-electron chi connectivity index (χ3n) is 3.40. The Balaban J connectivity index is 2.00. The number of aromatic nitrogens is 1. The van der Waals surface area contributed by atoms with Crippen molar-refractivity contribution in [2.75, 3.05) is 25.2 Å². The van der Waals surface area contributed by atoms with Crippen molar-refractivity contribution >= 4 is 38.3 Å². The van der Waals surface area contributed by atoms with Crippen molar-refractivity contribution in [1.82, 2.24) is 4.98 Å². The lowest BCUT2D eigenvalue weighted by molar-refractivity contribution is -0.121. The summed E-state index contributed by atoms with van der Waals surface area (Å²) >= 11 is 1.48. The second-order valence-corrected chi connectivity index (χ2v) is 6.06. The Kier molecular flexibility index (Phi) is 5.08. The van der Waals surface area contributed by atoms with Gasteiger partial charge in [-0.25, -0.2) is 4.98 Å². The highest BCUT2D eigenvalue weighted by atomic mass is 32.1. The van der Waals surface area contributed by atoms with Gasteiger partial charge in [-0.15, -0.1) is 0 Å². The molecule has 0 saturated carbocycles. The Morgan fingerprint density at radius 1 is 1.17 bits per heavy atom. The van der Waals surface area contributed by atoms with E-state index in [9.17, 15) is 4.79 Å². The summed E-state index contributed by atoms with van der Waals surface area (Å²) in [4.78, 5) is 18.7. The summed E-state index contributed by atoms with van der Waals surface area (Å²) in [6.45, 7) is 2.52. The average Bonchev–Trinajstić information content (AvgIpc) is 3.00. The molecule has 0 unspecified atom stereocenters. The Hall–Kier alpha value is -2.44. The summed E-state index contributed by atoms with van der Waals surface area (Å²) in [6, 6.07) is 15.2. The zero-order valence-corrected chi connectivity index (χ0v) is 14.4. The monoisotopic (exact) mass is 342 g/mol. The predicted molar refractivity (Wildman–Crippen MR) is 96.3 cm³/mol. The standard InChI is InChI=1S/C18H18N2O3S/c1-3-23-14-10-8-13(9-11-14)20(17(21)12-22-2)18-19-15-6-4-5-7-16(15)24-18/h4-11H,3,12H2,1-2H3. The van der Waals surface area contributed by atoms with Crippen molar-refractivity contribution in [3.05, 3.63) is 48.5 Å². The van der Waals surface area contributed by atoms with Crippen molar-refractivity contribution in [2.45, 2.75) is 6.92 Å². The van der Waals surface area contributed by atoms with Gasteiger partial charge < -0.3 is 9.47 Å². The maximum absolute atomic E-state index is 12.6. The zero-order valence-electron chi connectivity index (χ0n) is 13.6. The van der Waals surface area contributed by atoms with E-state index in [0.29, 0.717) is 11.7 Å². The zero-order chi connectivity index (χ0) is 16.9. The molecule has 0 bridgehead atoms. The minimum Gasteiger partial charge on any atom is -0.494 e. The largest absolute Gasteiger partial charge is 0.494 e. The number of ether oxygens (including phenoxy) is 2. The third kappa shape index (κ3) is 3.39. The highest BCUT2D eigenvalue weighted by molar-refractivity contribution is 7.22. The quantitative estimate of drug-likeness (QED) is 0.679. The lowest BCUT2D eigenvalue weighted by atomic mass is 10.2. The van der Waals surface area contributed by atoms with Gasteiger partial charge in [-0.2, -0.15) is 0 Å². The van der Waals surface area contributed by atoms with Gasteiger partial charge in [0, 0.05) is 7.11 Å². The highest BCUT2D eigenvalue weighted by Gasteiger charge is 2.21. The number of carbonyl (C=O) groups is 1. The summed E-state index contributed by atoms with van der Waals surface area (Å²) in [5.41, 5.74) is 1.61. The molecule has 5 nitrogen and oxygen atoms in total. The number of nitrogens with zero attached hydrogens (tertiary/aromatic N) is 2. The van der Waals surface area contributed by atoms with Crippen LogP contribution in [0.1, 0.15) is 6.92 Å². The first-order valence-corrected chi connectivity index (χ1v) is 8.45. The van der Waals surface area contributed by atoms with Gasteiger partial charge in [0.05, 0.1) is 22.5 Å². The molecule has 0 N–H and O–H groups in total. The molecule has 3 aromatic rings. The molecular formula is C18H18N2O3S. The van der Waals surface area contributed by atoms with Crippen molar-refractivity contribution in [3.63, 3.8) is 0 Å². The summed E-state index contributed by atoms with van der Waals surface area (Å²) in [6.07, 6.45) is 0. The van der Waals surface area contributed by atoms with E-state index in [4.69, 9.17) is 9.47 Å². The van der Waals surface area contributed by atoms with Crippen LogP contribution in [0.3, 0.4) is 0 Å². The van der Waals surface area contributed by atoms with Crippen LogP contribution in [0.25, 0.3) is 10.2 Å². The lowest BCUT2D eigenvalue weighted by Crippen LogP contribution is -2.29. The first-order valence-electron chi connectivity index (χ1n) is 7.63. The molecule has 1 heterocycles. The molecule has 124 valence electrons. The summed E-state index contributed by atoms with van der Waals surface area (Å²) < 4.78 is 11.5. The maximum atomic E-state index is 12.6. The Morgan fingerprint density at radius 2 is 1.92 bits per heavy atom. The minimum atomic E-state index is -0.166. The predicted octanol–water partition coefficient (Wildman–Crippen LogP) is 4.01. The number of rotatable bonds is 6. The molecule has 0 aliphatic carbocycles. The van der Waals surface area contributed by atoms with E-state index in [0.717, 1.165) is 21.7 Å². The van der Waals surface area contributed by atoms with Crippen molar-refractivity contribution < 1.29 is 14.3 Å². The van der Waals surface area contributed by atoms with Crippen LogP contribution in [0.5, 0.6) is 5.75 Å². The van der Waals surface area contributed by atoms with Crippen LogP contribution >= 0.6 is 11.3 Å². The molecule has 0 aliphatic rings. The molecule has 2 aromatic carbocycles. The normalized spacial score (nSPS) is 10.8. The molecule has 0 radical (unpaired) electrons. The number of amides is 1. The van der Waals surface area contributed by atoms with E-state index in [1.54, 1.807) is 4.90 Å².